The molecule has 0 aromatic heterocycles. The average Bonchev–Trinajstić information content (AvgIpc) is 3.12. The lowest BCUT2D eigenvalue weighted by Gasteiger charge is -2.21. The van der Waals surface area contributed by atoms with Crippen LogP contribution in [0.4, 0.5) is 14.5 Å². The van der Waals surface area contributed by atoms with Crippen LogP contribution in [0.5, 0.6) is 0 Å². The summed E-state index contributed by atoms with van der Waals surface area (Å²) >= 11 is 0. The van der Waals surface area contributed by atoms with Crippen molar-refractivity contribution in [3.05, 3.63) is 29.8 Å². The molecule has 1 aliphatic heterocycles. The summed E-state index contributed by atoms with van der Waals surface area (Å²) in [7, 11) is 0. The first-order valence-electron chi connectivity index (χ1n) is 10.5. The zero-order valence-corrected chi connectivity index (χ0v) is 17.5. The summed E-state index contributed by atoms with van der Waals surface area (Å²) in [4.78, 5) is 8.86. The number of unbranched alkanes of at least 4 members (excludes halogenated alkanes) is 1. The molecule has 0 bridgehead atoms. The van der Waals surface area contributed by atoms with Crippen LogP contribution in [0.1, 0.15) is 40.0 Å². The Labute approximate surface area is 168 Å². The van der Waals surface area contributed by atoms with Crippen molar-refractivity contribution < 1.29 is 8.78 Å². The zero-order chi connectivity index (χ0) is 20.4. The van der Waals surface area contributed by atoms with Crippen molar-refractivity contribution >= 4 is 11.6 Å². The van der Waals surface area contributed by atoms with Gasteiger partial charge in [0, 0.05) is 32.2 Å². The number of nitrogens with zero attached hydrogens (tertiary/aromatic N) is 3. The molecule has 1 aromatic carbocycles. The smallest absolute Gasteiger partial charge is 0.191 e. The SMILES string of the molecule is CCNC(=NCCCCN(CC)CC)NC1CCN(c2c(F)cccc2F)C1. The Balaban J connectivity index is 1.83. The maximum atomic E-state index is 14.0. The number of hydrogen-bond acceptors (Lipinski definition) is 3. The van der Waals surface area contributed by atoms with E-state index in [0.29, 0.717) is 13.1 Å². The topological polar surface area (TPSA) is 42.9 Å². The Hall–Kier alpha value is -1.89. The first-order chi connectivity index (χ1) is 13.6. The van der Waals surface area contributed by atoms with Crippen LogP contribution in [0.3, 0.4) is 0 Å². The average molecular weight is 396 g/mol. The second kappa shape index (κ2) is 11.8. The molecule has 0 amide bonds. The molecule has 28 heavy (non-hydrogen) atoms. The van der Waals surface area contributed by atoms with Gasteiger partial charge in [0.2, 0.25) is 0 Å². The molecule has 1 aliphatic rings. The second-order valence-electron chi connectivity index (χ2n) is 7.14. The number of aliphatic imine (C=N–C) groups is 1. The normalized spacial score (nSPS) is 17.4. The van der Waals surface area contributed by atoms with Gasteiger partial charge in [0.05, 0.1) is 0 Å². The fraction of sp³-hybridized carbons (Fsp3) is 0.667. The number of hydrogen-bond donors (Lipinski definition) is 2. The van der Waals surface area contributed by atoms with E-state index >= 15 is 0 Å². The van der Waals surface area contributed by atoms with Gasteiger partial charge >= 0.3 is 0 Å². The molecular weight excluding hydrogens is 360 g/mol. The van der Waals surface area contributed by atoms with Crippen LogP contribution in [0, 0.1) is 11.6 Å². The second-order valence-corrected chi connectivity index (χ2v) is 7.14. The fourth-order valence-corrected chi connectivity index (χ4v) is 3.56. The van der Waals surface area contributed by atoms with Crippen LogP contribution in [0.2, 0.25) is 0 Å². The van der Waals surface area contributed by atoms with E-state index in [9.17, 15) is 8.78 Å². The van der Waals surface area contributed by atoms with E-state index in [4.69, 9.17) is 0 Å². The molecule has 1 atom stereocenters. The van der Waals surface area contributed by atoms with E-state index in [2.05, 4.69) is 34.4 Å². The van der Waals surface area contributed by atoms with Crippen molar-refractivity contribution in [3.8, 4) is 0 Å². The molecular formula is C21H35F2N5. The molecule has 2 N–H and O–H groups in total. The molecule has 5 nitrogen and oxygen atoms in total. The lowest BCUT2D eigenvalue weighted by molar-refractivity contribution is 0.297. The summed E-state index contributed by atoms with van der Waals surface area (Å²) < 4.78 is 28.0. The highest BCUT2D eigenvalue weighted by Crippen LogP contribution is 2.26. The molecule has 158 valence electrons. The maximum absolute atomic E-state index is 14.0. The summed E-state index contributed by atoms with van der Waals surface area (Å²) in [6.07, 6.45) is 3.00. The molecule has 1 aromatic rings. The molecule has 2 rings (SSSR count). The summed E-state index contributed by atoms with van der Waals surface area (Å²) in [5.74, 6) is -0.227. The first-order valence-corrected chi connectivity index (χ1v) is 10.5. The van der Waals surface area contributed by atoms with Crippen LogP contribution in [0.15, 0.2) is 23.2 Å². The number of rotatable bonds is 10. The van der Waals surface area contributed by atoms with Crippen molar-refractivity contribution in [3.63, 3.8) is 0 Å². The molecule has 1 fully saturated rings. The summed E-state index contributed by atoms with van der Waals surface area (Å²) in [5, 5.41) is 6.69. The van der Waals surface area contributed by atoms with Crippen molar-refractivity contribution in [2.75, 3.05) is 50.7 Å². The Bertz CT molecular complexity index is 599. The number of anilines is 1. The molecule has 0 aliphatic carbocycles. The third-order valence-corrected chi connectivity index (χ3v) is 5.17. The Kier molecular flexibility index (Phi) is 9.47. The van der Waals surface area contributed by atoms with Gasteiger partial charge in [0.25, 0.3) is 0 Å². The van der Waals surface area contributed by atoms with Crippen molar-refractivity contribution in [1.82, 2.24) is 15.5 Å². The van der Waals surface area contributed by atoms with Crippen LogP contribution in [0.25, 0.3) is 0 Å². The van der Waals surface area contributed by atoms with Gasteiger partial charge in [-0.05, 0) is 58.0 Å². The molecule has 0 spiro atoms. The Morgan fingerprint density at radius 2 is 1.89 bits per heavy atom. The van der Waals surface area contributed by atoms with Gasteiger partial charge in [-0.15, -0.1) is 0 Å². The minimum atomic E-state index is -0.505. The van der Waals surface area contributed by atoms with E-state index in [1.165, 1.54) is 18.2 Å². The first kappa shape index (κ1) is 22.4. The lowest BCUT2D eigenvalue weighted by Crippen LogP contribution is -2.44. The van der Waals surface area contributed by atoms with Gasteiger partial charge in [0.15, 0.2) is 5.96 Å². The zero-order valence-electron chi connectivity index (χ0n) is 17.5. The minimum Gasteiger partial charge on any atom is -0.365 e. The third kappa shape index (κ3) is 6.62. The Morgan fingerprint density at radius 1 is 1.18 bits per heavy atom. The summed E-state index contributed by atoms with van der Waals surface area (Å²) in [6.45, 7) is 12.4. The van der Waals surface area contributed by atoms with E-state index in [1.807, 2.05) is 6.92 Å². The van der Waals surface area contributed by atoms with Crippen molar-refractivity contribution in [2.24, 2.45) is 4.99 Å². The highest BCUT2D eigenvalue weighted by molar-refractivity contribution is 5.80. The quantitative estimate of drug-likeness (QED) is 0.363. The van der Waals surface area contributed by atoms with Gasteiger partial charge in [-0.1, -0.05) is 19.9 Å². The lowest BCUT2D eigenvalue weighted by atomic mass is 10.2. The van der Waals surface area contributed by atoms with Crippen LogP contribution < -0.4 is 15.5 Å². The number of para-hydroxylation sites is 1. The highest BCUT2D eigenvalue weighted by atomic mass is 19.1. The van der Waals surface area contributed by atoms with Crippen molar-refractivity contribution in [2.45, 2.75) is 46.1 Å². The minimum absolute atomic E-state index is 0.0742. The van der Waals surface area contributed by atoms with E-state index in [0.717, 1.165) is 57.9 Å². The number of halogens is 2. The van der Waals surface area contributed by atoms with Crippen LogP contribution >= 0.6 is 0 Å². The van der Waals surface area contributed by atoms with E-state index in [1.54, 1.807) is 4.90 Å². The number of guanidine groups is 1. The summed E-state index contributed by atoms with van der Waals surface area (Å²) in [5.41, 5.74) is 0.0742. The molecule has 1 heterocycles. The third-order valence-electron chi connectivity index (χ3n) is 5.17. The van der Waals surface area contributed by atoms with Crippen LogP contribution in [-0.4, -0.2) is 62.7 Å². The standard InChI is InChI=1S/C21H35F2N5/c1-4-24-21(25-13-7-8-14-27(5-2)6-3)26-17-12-15-28(16-17)20-18(22)10-9-11-19(20)23/h9-11,17H,4-8,12-16H2,1-3H3,(H2,24,25,26). The van der Waals surface area contributed by atoms with Gasteiger partial charge in [-0.2, -0.15) is 0 Å². The summed E-state index contributed by atoms with van der Waals surface area (Å²) in [6, 6.07) is 4.13. The fourth-order valence-electron chi connectivity index (χ4n) is 3.56. The van der Waals surface area contributed by atoms with Crippen molar-refractivity contribution in [1.29, 1.82) is 0 Å². The van der Waals surface area contributed by atoms with Crippen LogP contribution in [-0.2, 0) is 0 Å². The molecule has 1 unspecified atom stereocenters. The number of nitrogens with one attached hydrogen (secondary N) is 2. The molecule has 7 heteroatoms. The van der Waals surface area contributed by atoms with E-state index in [-0.39, 0.29) is 11.7 Å². The van der Waals surface area contributed by atoms with Gasteiger partial charge in [-0.3, -0.25) is 4.99 Å². The molecule has 0 saturated carbocycles. The molecule has 0 radical (unpaired) electrons. The monoisotopic (exact) mass is 395 g/mol. The maximum Gasteiger partial charge on any atom is 0.191 e. The molecule has 1 saturated heterocycles. The van der Waals surface area contributed by atoms with Gasteiger partial charge in [0.1, 0.15) is 17.3 Å². The highest BCUT2D eigenvalue weighted by Gasteiger charge is 2.27. The van der Waals surface area contributed by atoms with E-state index < -0.39 is 11.6 Å². The largest absolute Gasteiger partial charge is 0.365 e. The predicted molar refractivity (Wildman–Crippen MR) is 113 cm³/mol. The van der Waals surface area contributed by atoms with Gasteiger partial charge in [-0.25, -0.2) is 8.78 Å². The Morgan fingerprint density at radius 3 is 2.54 bits per heavy atom. The predicted octanol–water partition coefficient (Wildman–Crippen LogP) is 3.22. The van der Waals surface area contributed by atoms with Gasteiger partial charge < -0.3 is 20.4 Å². The number of benzene rings is 1.